The summed E-state index contributed by atoms with van der Waals surface area (Å²) < 4.78 is 0. The highest BCUT2D eigenvalue weighted by Crippen LogP contribution is 2.33. The SMILES string of the molecule is C1=Cc2ccccc2C(C2CCNCC2)N1. The Kier molecular flexibility index (Phi) is 2.66. The molecule has 0 saturated carbocycles. The summed E-state index contributed by atoms with van der Waals surface area (Å²) in [6.07, 6.45) is 6.83. The Morgan fingerprint density at radius 2 is 1.88 bits per heavy atom. The summed E-state index contributed by atoms with van der Waals surface area (Å²) in [5.74, 6) is 0.771. The quantitative estimate of drug-likeness (QED) is 0.749. The topological polar surface area (TPSA) is 24.1 Å². The zero-order valence-corrected chi connectivity index (χ0v) is 9.45. The lowest BCUT2D eigenvalue weighted by Crippen LogP contribution is -2.35. The number of fused-ring (bicyclic) bond motifs is 1. The van der Waals surface area contributed by atoms with E-state index in [2.05, 4.69) is 47.2 Å². The fourth-order valence-electron chi connectivity index (χ4n) is 2.84. The smallest absolute Gasteiger partial charge is 0.0543 e. The Labute approximate surface area is 96.7 Å². The van der Waals surface area contributed by atoms with E-state index < -0.39 is 0 Å². The fraction of sp³-hybridized carbons (Fsp3) is 0.429. The Balaban J connectivity index is 1.88. The summed E-state index contributed by atoms with van der Waals surface area (Å²) in [6, 6.07) is 9.25. The van der Waals surface area contributed by atoms with Crippen LogP contribution in [0.25, 0.3) is 6.08 Å². The van der Waals surface area contributed by atoms with Crippen molar-refractivity contribution in [2.24, 2.45) is 5.92 Å². The number of benzene rings is 1. The summed E-state index contributed by atoms with van der Waals surface area (Å²) in [7, 11) is 0. The van der Waals surface area contributed by atoms with Crippen LogP contribution in [0.1, 0.15) is 30.0 Å². The molecule has 1 aromatic rings. The Morgan fingerprint density at radius 3 is 2.75 bits per heavy atom. The number of piperidine rings is 1. The van der Waals surface area contributed by atoms with Crippen molar-refractivity contribution in [2.45, 2.75) is 18.9 Å². The van der Waals surface area contributed by atoms with Gasteiger partial charge in [0.2, 0.25) is 0 Å². The maximum absolute atomic E-state index is 3.54. The molecule has 3 rings (SSSR count). The average molecular weight is 214 g/mol. The van der Waals surface area contributed by atoms with Crippen molar-refractivity contribution in [1.29, 1.82) is 0 Å². The van der Waals surface area contributed by atoms with Gasteiger partial charge in [0.05, 0.1) is 6.04 Å². The summed E-state index contributed by atoms with van der Waals surface area (Å²) in [6.45, 7) is 2.32. The lowest BCUT2D eigenvalue weighted by Gasteiger charge is -2.34. The summed E-state index contributed by atoms with van der Waals surface area (Å²) in [5, 5.41) is 6.97. The first-order valence-corrected chi connectivity index (χ1v) is 6.17. The lowest BCUT2D eigenvalue weighted by atomic mass is 9.83. The van der Waals surface area contributed by atoms with E-state index in [1.807, 2.05) is 0 Å². The molecule has 2 aliphatic rings. The number of nitrogens with one attached hydrogen (secondary N) is 2. The highest BCUT2D eigenvalue weighted by atomic mass is 14.9. The van der Waals surface area contributed by atoms with Gasteiger partial charge in [-0.1, -0.05) is 24.3 Å². The van der Waals surface area contributed by atoms with Gasteiger partial charge in [0.25, 0.3) is 0 Å². The molecule has 2 heterocycles. The first-order chi connectivity index (χ1) is 7.95. The fourth-order valence-corrected chi connectivity index (χ4v) is 2.84. The molecule has 1 atom stereocenters. The van der Waals surface area contributed by atoms with Crippen molar-refractivity contribution in [2.75, 3.05) is 13.1 Å². The maximum Gasteiger partial charge on any atom is 0.0543 e. The zero-order valence-electron chi connectivity index (χ0n) is 9.45. The highest BCUT2D eigenvalue weighted by Gasteiger charge is 2.26. The molecule has 0 amide bonds. The summed E-state index contributed by atoms with van der Waals surface area (Å²) >= 11 is 0. The van der Waals surface area contributed by atoms with Gasteiger partial charge in [0.15, 0.2) is 0 Å². The molecule has 1 saturated heterocycles. The van der Waals surface area contributed by atoms with E-state index in [0.717, 1.165) is 19.0 Å². The van der Waals surface area contributed by atoms with Gasteiger partial charge in [-0.2, -0.15) is 0 Å². The third-order valence-corrected chi connectivity index (χ3v) is 3.72. The van der Waals surface area contributed by atoms with E-state index in [-0.39, 0.29) is 0 Å². The number of hydrogen-bond donors (Lipinski definition) is 2. The molecule has 2 aliphatic heterocycles. The van der Waals surface area contributed by atoms with Crippen LogP contribution in [0.4, 0.5) is 0 Å². The van der Waals surface area contributed by atoms with Gasteiger partial charge < -0.3 is 10.6 Å². The second kappa shape index (κ2) is 4.30. The minimum absolute atomic E-state index is 0.517. The third-order valence-electron chi connectivity index (χ3n) is 3.72. The molecule has 84 valence electrons. The van der Waals surface area contributed by atoms with E-state index >= 15 is 0 Å². The van der Waals surface area contributed by atoms with Crippen LogP contribution in [-0.2, 0) is 0 Å². The Morgan fingerprint density at radius 1 is 1.06 bits per heavy atom. The van der Waals surface area contributed by atoms with Crippen LogP contribution in [0.3, 0.4) is 0 Å². The van der Waals surface area contributed by atoms with Gasteiger partial charge >= 0.3 is 0 Å². The third kappa shape index (κ3) is 1.74. The molecule has 0 radical (unpaired) electrons. The molecule has 2 N–H and O–H groups in total. The van der Waals surface area contributed by atoms with Crippen LogP contribution in [0.15, 0.2) is 30.5 Å². The van der Waals surface area contributed by atoms with E-state index in [1.54, 1.807) is 0 Å². The summed E-state index contributed by atoms with van der Waals surface area (Å²) in [5.41, 5.74) is 2.85. The van der Waals surface area contributed by atoms with Gasteiger partial charge in [-0.3, -0.25) is 0 Å². The van der Waals surface area contributed by atoms with Crippen LogP contribution in [0.2, 0.25) is 0 Å². The molecule has 0 spiro atoms. The normalized spacial score (nSPS) is 24.9. The van der Waals surface area contributed by atoms with Gasteiger partial charge in [-0.15, -0.1) is 0 Å². The predicted octanol–water partition coefficient (Wildman–Crippen LogP) is 2.30. The van der Waals surface area contributed by atoms with Gasteiger partial charge in [-0.25, -0.2) is 0 Å². The van der Waals surface area contributed by atoms with Crippen molar-refractivity contribution in [3.63, 3.8) is 0 Å². The predicted molar refractivity (Wildman–Crippen MR) is 66.9 cm³/mol. The van der Waals surface area contributed by atoms with Crippen molar-refractivity contribution in [1.82, 2.24) is 10.6 Å². The molecule has 1 fully saturated rings. The molecule has 0 aliphatic carbocycles. The Bertz CT molecular complexity index is 391. The zero-order chi connectivity index (χ0) is 10.8. The van der Waals surface area contributed by atoms with Crippen molar-refractivity contribution in [3.05, 3.63) is 41.6 Å². The van der Waals surface area contributed by atoms with Crippen LogP contribution in [-0.4, -0.2) is 13.1 Å². The highest BCUT2D eigenvalue weighted by molar-refractivity contribution is 5.57. The second-order valence-electron chi connectivity index (χ2n) is 4.69. The van der Waals surface area contributed by atoms with E-state index in [9.17, 15) is 0 Å². The molecule has 1 aromatic carbocycles. The largest absolute Gasteiger partial charge is 0.384 e. The number of hydrogen-bond acceptors (Lipinski definition) is 2. The standard InChI is InChI=1S/C14H18N2/c1-2-4-13-11(3-1)7-10-16-14(13)12-5-8-15-9-6-12/h1-4,7,10,12,14-16H,5-6,8-9H2. The van der Waals surface area contributed by atoms with Crippen molar-refractivity contribution in [3.8, 4) is 0 Å². The lowest BCUT2D eigenvalue weighted by molar-refractivity contribution is 0.298. The molecule has 2 nitrogen and oxygen atoms in total. The molecular weight excluding hydrogens is 196 g/mol. The van der Waals surface area contributed by atoms with Crippen molar-refractivity contribution < 1.29 is 0 Å². The Hall–Kier alpha value is -1.28. The molecule has 2 heteroatoms. The summed E-state index contributed by atoms with van der Waals surface area (Å²) in [4.78, 5) is 0. The van der Waals surface area contributed by atoms with E-state index in [4.69, 9.17) is 0 Å². The molecule has 0 bridgehead atoms. The molecular formula is C14H18N2. The van der Waals surface area contributed by atoms with Crippen LogP contribution < -0.4 is 10.6 Å². The number of rotatable bonds is 1. The minimum Gasteiger partial charge on any atom is -0.384 e. The van der Waals surface area contributed by atoms with Gasteiger partial charge in [-0.05, 0) is 55.3 Å². The monoisotopic (exact) mass is 214 g/mol. The minimum atomic E-state index is 0.517. The molecule has 16 heavy (non-hydrogen) atoms. The van der Waals surface area contributed by atoms with Gasteiger partial charge in [0.1, 0.15) is 0 Å². The molecule has 1 unspecified atom stereocenters. The van der Waals surface area contributed by atoms with Crippen molar-refractivity contribution >= 4 is 6.08 Å². The van der Waals surface area contributed by atoms with Crippen LogP contribution in [0.5, 0.6) is 0 Å². The van der Waals surface area contributed by atoms with E-state index in [0.29, 0.717) is 6.04 Å². The van der Waals surface area contributed by atoms with Crippen LogP contribution >= 0.6 is 0 Å². The maximum atomic E-state index is 3.54. The first-order valence-electron chi connectivity index (χ1n) is 6.17. The second-order valence-corrected chi connectivity index (χ2v) is 4.69. The van der Waals surface area contributed by atoms with E-state index in [1.165, 1.54) is 24.0 Å². The van der Waals surface area contributed by atoms with Crippen LogP contribution in [0, 0.1) is 5.92 Å². The van der Waals surface area contributed by atoms with Gasteiger partial charge in [0, 0.05) is 0 Å². The molecule has 0 aromatic heterocycles. The first kappa shape index (κ1) is 9.91. The average Bonchev–Trinajstić information content (AvgIpc) is 2.39.